The summed E-state index contributed by atoms with van der Waals surface area (Å²) in [6.07, 6.45) is 0.513. The quantitative estimate of drug-likeness (QED) is 0.681. The Kier molecular flexibility index (Phi) is 5.58. The van der Waals surface area contributed by atoms with Crippen LogP contribution in [-0.4, -0.2) is 22.6 Å². The summed E-state index contributed by atoms with van der Waals surface area (Å²) in [7, 11) is 0. The molecule has 0 aliphatic rings. The van der Waals surface area contributed by atoms with Gasteiger partial charge in [0.15, 0.2) is 0 Å². The van der Waals surface area contributed by atoms with Gasteiger partial charge in [0.2, 0.25) is 0 Å². The summed E-state index contributed by atoms with van der Waals surface area (Å²) in [4.78, 5) is 23.0. The van der Waals surface area contributed by atoms with Gasteiger partial charge in [0.05, 0.1) is 0 Å². The minimum Gasteiger partial charge on any atom is -0.489 e. The summed E-state index contributed by atoms with van der Waals surface area (Å²) in [6.45, 7) is 0.860. The lowest BCUT2D eigenvalue weighted by Gasteiger charge is -2.08. The van der Waals surface area contributed by atoms with Crippen molar-refractivity contribution in [3.8, 4) is 5.75 Å². The fraction of sp³-hybridized carbons (Fsp3) is 0.167. The molecule has 0 unspecified atom stereocenters. The number of nitrogens with one attached hydrogen (secondary N) is 2. The monoisotopic (exact) mass is 355 g/mol. The van der Waals surface area contributed by atoms with E-state index in [1.54, 1.807) is 18.2 Å². The van der Waals surface area contributed by atoms with Crippen LogP contribution in [0, 0.1) is 0 Å². The molecular formula is C18H17N3O3S. The number of rotatable bonds is 7. The van der Waals surface area contributed by atoms with Gasteiger partial charge in [-0.1, -0.05) is 47.7 Å². The predicted molar refractivity (Wildman–Crippen MR) is 96.0 cm³/mol. The van der Waals surface area contributed by atoms with Crippen molar-refractivity contribution in [1.29, 1.82) is 0 Å². The smallest absolute Gasteiger partial charge is 0.322 e. The van der Waals surface area contributed by atoms with Crippen molar-refractivity contribution < 1.29 is 9.53 Å². The number of ether oxygens (including phenoxy) is 1. The van der Waals surface area contributed by atoms with E-state index in [2.05, 4.69) is 15.5 Å². The van der Waals surface area contributed by atoms with E-state index >= 15 is 0 Å². The number of hydrogen-bond acceptors (Lipinski definition) is 5. The fourth-order valence-electron chi connectivity index (χ4n) is 2.22. The Balaban J connectivity index is 1.53. The van der Waals surface area contributed by atoms with Gasteiger partial charge in [-0.25, -0.2) is 5.10 Å². The molecule has 0 spiro atoms. The summed E-state index contributed by atoms with van der Waals surface area (Å²) in [5.74, 6) is 0.454. The molecular weight excluding hydrogens is 338 g/mol. The highest BCUT2D eigenvalue weighted by Crippen LogP contribution is 2.15. The Morgan fingerprint density at radius 1 is 1.16 bits per heavy atom. The molecule has 0 fully saturated rings. The number of aromatic nitrogens is 2. The molecule has 0 bridgehead atoms. The van der Waals surface area contributed by atoms with Crippen LogP contribution in [0.25, 0.3) is 0 Å². The Hall–Kier alpha value is -2.93. The van der Waals surface area contributed by atoms with Crippen LogP contribution in [0.15, 0.2) is 59.4 Å². The Labute approximate surface area is 148 Å². The third-order valence-electron chi connectivity index (χ3n) is 3.45. The fourth-order valence-corrected chi connectivity index (χ4v) is 2.82. The molecule has 3 aromatic rings. The van der Waals surface area contributed by atoms with Crippen molar-refractivity contribution in [3.63, 3.8) is 0 Å². The molecule has 0 saturated carbocycles. The predicted octanol–water partition coefficient (Wildman–Crippen LogP) is 2.38. The van der Waals surface area contributed by atoms with Crippen LogP contribution in [0.2, 0.25) is 0 Å². The van der Waals surface area contributed by atoms with Crippen LogP contribution >= 0.6 is 11.3 Å². The third-order valence-corrected chi connectivity index (χ3v) is 4.26. The van der Waals surface area contributed by atoms with Gasteiger partial charge in [0.25, 0.3) is 5.91 Å². The van der Waals surface area contributed by atoms with Crippen molar-refractivity contribution in [3.05, 3.63) is 80.4 Å². The van der Waals surface area contributed by atoms with Crippen LogP contribution in [0.1, 0.15) is 20.9 Å². The summed E-state index contributed by atoms with van der Waals surface area (Å²) in [5.41, 5.74) is 1.59. The van der Waals surface area contributed by atoms with Crippen molar-refractivity contribution in [2.45, 2.75) is 13.0 Å². The van der Waals surface area contributed by atoms with Gasteiger partial charge in [-0.05, 0) is 23.8 Å². The normalized spacial score (nSPS) is 10.4. The molecule has 0 atom stereocenters. The van der Waals surface area contributed by atoms with Crippen molar-refractivity contribution in [2.75, 3.05) is 6.54 Å². The second kappa shape index (κ2) is 8.25. The minimum absolute atomic E-state index is 0.187. The Morgan fingerprint density at radius 2 is 2.00 bits per heavy atom. The largest absolute Gasteiger partial charge is 0.489 e. The van der Waals surface area contributed by atoms with Gasteiger partial charge in [0, 0.05) is 18.5 Å². The van der Waals surface area contributed by atoms with E-state index < -0.39 is 0 Å². The number of aromatic amines is 1. The van der Waals surface area contributed by atoms with Crippen LogP contribution in [-0.2, 0) is 13.0 Å². The maximum absolute atomic E-state index is 12.2. The first-order valence-corrected chi connectivity index (χ1v) is 8.62. The Morgan fingerprint density at radius 3 is 2.76 bits per heavy atom. The maximum atomic E-state index is 12.2. The number of hydrogen-bond donors (Lipinski definition) is 2. The number of carbonyl (C=O) groups is 1. The van der Waals surface area contributed by atoms with Crippen molar-refractivity contribution in [2.24, 2.45) is 0 Å². The van der Waals surface area contributed by atoms with E-state index in [1.165, 1.54) is 0 Å². The molecule has 3 rings (SSSR count). The highest BCUT2D eigenvalue weighted by molar-refractivity contribution is 7.08. The molecule has 6 nitrogen and oxygen atoms in total. The standard InChI is InChI=1S/C18H17N3O3S/c22-17(19-10-9-16-20-21-18(23)25-16)14-7-4-8-15(11-14)24-12-13-5-2-1-3-6-13/h1-8,11H,9-10,12H2,(H,19,22)(H,21,23). The van der Waals surface area contributed by atoms with E-state index in [9.17, 15) is 9.59 Å². The zero-order valence-electron chi connectivity index (χ0n) is 13.4. The summed E-state index contributed by atoms with van der Waals surface area (Å²) < 4.78 is 5.73. The van der Waals surface area contributed by atoms with E-state index in [0.29, 0.717) is 35.9 Å². The van der Waals surface area contributed by atoms with Gasteiger partial charge in [0.1, 0.15) is 17.4 Å². The lowest BCUT2D eigenvalue weighted by Crippen LogP contribution is -2.25. The van der Waals surface area contributed by atoms with Gasteiger partial charge < -0.3 is 10.1 Å². The lowest BCUT2D eigenvalue weighted by atomic mass is 10.2. The van der Waals surface area contributed by atoms with E-state index in [4.69, 9.17) is 4.74 Å². The Bertz CT molecular complexity index is 890. The first-order valence-electron chi connectivity index (χ1n) is 7.80. The molecule has 1 heterocycles. The molecule has 2 N–H and O–H groups in total. The maximum Gasteiger partial charge on any atom is 0.322 e. The van der Waals surface area contributed by atoms with Gasteiger partial charge in [-0.15, -0.1) is 0 Å². The lowest BCUT2D eigenvalue weighted by molar-refractivity contribution is 0.0953. The number of amides is 1. The average molecular weight is 355 g/mol. The second-order valence-electron chi connectivity index (χ2n) is 5.31. The van der Waals surface area contributed by atoms with Gasteiger partial charge in [-0.2, -0.15) is 5.10 Å². The SMILES string of the molecule is O=C(NCCc1n[nH]c(=O)s1)c1cccc(OCc2ccccc2)c1. The average Bonchev–Trinajstić information content (AvgIpc) is 3.06. The van der Waals surface area contributed by atoms with Gasteiger partial charge in [-0.3, -0.25) is 9.59 Å². The van der Waals surface area contributed by atoms with Crippen LogP contribution in [0.3, 0.4) is 0 Å². The zero-order valence-corrected chi connectivity index (χ0v) is 14.2. The topological polar surface area (TPSA) is 84.1 Å². The first kappa shape index (κ1) is 16.9. The van der Waals surface area contributed by atoms with Gasteiger partial charge >= 0.3 is 4.87 Å². The molecule has 25 heavy (non-hydrogen) atoms. The highest BCUT2D eigenvalue weighted by Gasteiger charge is 2.07. The van der Waals surface area contributed by atoms with E-state index in [0.717, 1.165) is 16.9 Å². The van der Waals surface area contributed by atoms with Crippen LogP contribution < -0.4 is 14.9 Å². The molecule has 1 aromatic heterocycles. The number of benzene rings is 2. The summed E-state index contributed by atoms with van der Waals surface area (Å²) in [5, 5.41) is 9.70. The van der Waals surface area contributed by atoms with Crippen molar-refractivity contribution >= 4 is 17.2 Å². The molecule has 0 saturated heterocycles. The molecule has 2 aromatic carbocycles. The molecule has 7 heteroatoms. The molecule has 0 aliphatic heterocycles. The summed E-state index contributed by atoms with van der Waals surface area (Å²) in [6, 6.07) is 16.9. The van der Waals surface area contributed by atoms with E-state index in [1.807, 2.05) is 36.4 Å². The third kappa shape index (κ3) is 5.02. The minimum atomic E-state index is -0.190. The van der Waals surface area contributed by atoms with Crippen LogP contribution in [0.5, 0.6) is 5.75 Å². The van der Waals surface area contributed by atoms with Crippen LogP contribution in [0.4, 0.5) is 0 Å². The molecule has 0 aliphatic carbocycles. The summed E-state index contributed by atoms with van der Waals surface area (Å²) >= 11 is 1.05. The number of H-pyrrole nitrogens is 1. The molecule has 0 radical (unpaired) electrons. The zero-order chi connectivity index (χ0) is 17.5. The molecule has 128 valence electrons. The molecule has 1 amide bonds. The van der Waals surface area contributed by atoms with E-state index in [-0.39, 0.29) is 10.8 Å². The number of carbonyl (C=O) groups excluding carboxylic acids is 1. The first-order chi connectivity index (χ1) is 12.2. The number of nitrogens with zero attached hydrogens (tertiary/aromatic N) is 1. The van der Waals surface area contributed by atoms with Crippen molar-refractivity contribution in [1.82, 2.24) is 15.5 Å². The highest BCUT2D eigenvalue weighted by atomic mass is 32.1. The second-order valence-corrected chi connectivity index (χ2v) is 6.36.